The van der Waals surface area contributed by atoms with E-state index >= 15 is 0 Å². The normalized spacial score (nSPS) is 17.0. The number of carbonyl (C=O) groups is 2. The molecule has 3 aromatic rings. The van der Waals surface area contributed by atoms with Gasteiger partial charge in [-0.3, -0.25) is 9.89 Å². The molecule has 5 rings (SSSR count). The zero-order valence-corrected chi connectivity index (χ0v) is 25.1. The highest BCUT2D eigenvalue weighted by Crippen LogP contribution is 2.44. The number of fused-ring (bicyclic) bond motifs is 1. The van der Waals surface area contributed by atoms with Gasteiger partial charge in [0.15, 0.2) is 5.82 Å². The third-order valence-corrected chi connectivity index (χ3v) is 9.76. The molecule has 0 saturated carbocycles. The monoisotopic (exact) mass is 616 g/mol. The number of hydrogen-bond acceptors (Lipinski definition) is 7. The number of piperazine rings is 1. The van der Waals surface area contributed by atoms with Crippen LogP contribution in [0.4, 0.5) is 30.8 Å². The van der Waals surface area contributed by atoms with E-state index in [1.165, 1.54) is 0 Å². The summed E-state index contributed by atoms with van der Waals surface area (Å²) in [6, 6.07) is 6.84. The number of likely N-dealkylation sites (N-methyl/N-ethyl adjacent to an activating group) is 1. The highest BCUT2D eigenvalue weighted by Gasteiger charge is 2.48. The molecular weight excluding hydrogens is 582 g/mol. The zero-order chi connectivity index (χ0) is 31.1. The molecule has 2 aliphatic heterocycles. The summed E-state index contributed by atoms with van der Waals surface area (Å²) in [5, 5.41) is 15.2. The number of benzene rings is 2. The number of urea groups is 1. The Morgan fingerprint density at radius 1 is 1.02 bits per heavy atom. The maximum atomic E-state index is 13.9. The number of H-pyrrole nitrogens is 1. The van der Waals surface area contributed by atoms with Crippen LogP contribution in [0.2, 0.25) is 0 Å². The second-order valence-corrected chi connectivity index (χ2v) is 12.9. The molecule has 2 aliphatic rings. The maximum Gasteiger partial charge on any atom is 0.319 e. The van der Waals surface area contributed by atoms with Gasteiger partial charge in [0.25, 0.3) is 5.91 Å². The molecule has 15 heteroatoms. The maximum absolute atomic E-state index is 13.9. The van der Waals surface area contributed by atoms with Gasteiger partial charge in [-0.15, -0.1) is 0 Å². The summed E-state index contributed by atoms with van der Waals surface area (Å²) in [4.78, 5) is 29.9. The molecule has 43 heavy (non-hydrogen) atoms. The Labute approximate surface area is 248 Å². The average molecular weight is 617 g/mol. The highest BCUT2D eigenvalue weighted by atomic mass is 32.2. The van der Waals surface area contributed by atoms with Gasteiger partial charge in [-0.2, -0.15) is 9.40 Å². The van der Waals surface area contributed by atoms with Crippen molar-refractivity contribution in [2.45, 2.75) is 37.8 Å². The molecule has 3 heterocycles. The third-order valence-electron chi connectivity index (χ3n) is 7.76. The molecule has 1 saturated heterocycles. The summed E-state index contributed by atoms with van der Waals surface area (Å²) in [6.07, 6.45) is 0. The van der Waals surface area contributed by atoms with Crippen molar-refractivity contribution < 1.29 is 26.8 Å². The molecule has 4 N–H and O–H groups in total. The minimum Gasteiger partial charge on any atom is -0.369 e. The van der Waals surface area contributed by atoms with Gasteiger partial charge >= 0.3 is 6.03 Å². The topological polar surface area (TPSA) is 143 Å². The van der Waals surface area contributed by atoms with E-state index in [1.54, 1.807) is 32.9 Å². The summed E-state index contributed by atoms with van der Waals surface area (Å²) in [6.45, 7) is 8.55. The summed E-state index contributed by atoms with van der Waals surface area (Å²) < 4.78 is 55.8. The lowest BCUT2D eigenvalue weighted by atomic mass is 10.0. The summed E-state index contributed by atoms with van der Waals surface area (Å²) in [5.41, 5.74) is 0.985. The van der Waals surface area contributed by atoms with Crippen LogP contribution in [0.5, 0.6) is 0 Å². The second-order valence-electron chi connectivity index (χ2n) is 11.1. The Morgan fingerprint density at radius 2 is 1.70 bits per heavy atom. The summed E-state index contributed by atoms with van der Waals surface area (Å²) >= 11 is 0. The smallest absolute Gasteiger partial charge is 0.319 e. The van der Waals surface area contributed by atoms with Crippen molar-refractivity contribution in [2.24, 2.45) is 0 Å². The second kappa shape index (κ2) is 11.5. The van der Waals surface area contributed by atoms with Gasteiger partial charge < -0.3 is 25.8 Å². The average Bonchev–Trinajstić information content (AvgIpc) is 3.46. The predicted octanol–water partition coefficient (Wildman–Crippen LogP) is 3.27. The number of nitrogens with one attached hydrogen (secondary N) is 4. The Morgan fingerprint density at radius 3 is 2.35 bits per heavy atom. The molecule has 3 amide bonds. The number of carbonyl (C=O) groups excluding carboxylic acids is 2. The first-order chi connectivity index (χ1) is 20.3. The molecule has 0 radical (unpaired) electrons. The van der Waals surface area contributed by atoms with Gasteiger partial charge in [0.05, 0.1) is 27.4 Å². The molecule has 12 nitrogen and oxygen atoms in total. The van der Waals surface area contributed by atoms with Crippen molar-refractivity contribution in [3.63, 3.8) is 0 Å². The van der Waals surface area contributed by atoms with Crippen molar-refractivity contribution >= 4 is 39.2 Å². The van der Waals surface area contributed by atoms with Crippen LogP contribution in [0.15, 0.2) is 41.3 Å². The lowest BCUT2D eigenvalue weighted by molar-refractivity contribution is 0.102. The van der Waals surface area contributed by atoms with Gasteiger partial charge in [-0.1, -0.05) is 0 Å². The van der Waals surface area contributed by atoms with E-state index in [1.807, 2.05) is 6.07 Å². The van der Waals surface area contributed by atoms with Crippen LogP contribution in [-0.4, -0.2) is 79.5 Å². The fourth-order valence-corrected chi connectivity index (χ4v) is 7.15. The van der Waals surface area contributed by atoms with Gasteiger partial charge in [0.2, 0.25) is 10.0 Å². The number of hydrogen-bond donors (Lipinski definition) is 4. The molecule has 1 aromatic heterocycles. The van der Waals surface area contributed by atoms with E-state index in [0.29, 0.717) is 29.6 Å². The lowest BCUT2D eigenvalue weighted by Crippen LogP contribution is -2.44. The molecule has 230 valence electrons. The molecule has 0 unspecified atom stereocenters. The van der Waals surface area contributed by atoms with E-state index < -0.39 is 44.0 Å². The van der Waals surface area contributed by atoms with Crippen molar-refractivity contribution in [1.82, 2.24) is 24.7 Å². The number of aromatic nitrogens is 2. The highest BCUT2D eigenvalue weighted by molar-refractivity contribution is 7.89. The molecular formula is C28H34F2N8O4S. The van der Waals surface area contributed by atoms with Gasteiger partial charge in [0.1, 0.15) is 11.6 Å². The fourth-order valence-electron chi connectivity index (χ4n) is 5.38. The Bertz CT molecular complexity index is 1650. The first kappa shape index (κ1) is 30.4. The van der Waals surface area contributed by atoms with Crippen molar-refractivity contribution in [1.29, 1.82) is 0 Å². The summed E-state index contributed by atoms with van der Waals surface area (Å²) in [7, 11) is -2.29. The Kier molecular flexibility index (Phi) is 8.15. The number of halogens is 2. The predicted molar refractivity (Wildman–Crippen MR) is 158 cm³/mol. The number of nitrogens with zero attached hydrogens (tertiary/aromatic N) is 4. The van der Waals surface area contributed by atoms with E-state index in [2.05, 4.69) is 43.0 Å². The molecule has 0 atom stereocenters. The largest absolute Gasteiger partial charge is 0.369 e. The Hall–Kier alpha value is -4.08. The van der Waals surface area contributed by atoms with Crippen LogP contribution in [0.1, 0.15) is 42.4 Å². The van der Waals surface area contributed by atoms with E-state index in [9.17, 15) is 26.8 Å². The van der Waals surface area contributed by atoms with Crippen molar-refractivity contribution in [2.75, 3.05) is 55.3 Å². The van der Waals surface area contributed by atoms with Crippen LogP contribution in [-0.2, 0) is 22.1 Å². The fraction of sp³-hybridized carbons (Fsp3) is 0.393. The number of aromatic amines is 1. The van der Waals surface area contributed by atoms with Gasteiger partial charge in [-0.05, 0) is 58.2 Å². The first-order valence-corrected chi connectivity index (χ1v) is 15.3. The van der Waals surface area contributed by atoms with E-state index in [0.717, 1.165) is 48.3 Å². The van der Waals surface area contributed by atoms with Gasteiger partial charge in [0, 0.05) is 56.6 Å². The Balaban J connectivity index is 1.42. The molecule has 0 spiro atoms. The summed E-state index contributed by atoms with van der Waals surface area (Å²) in [5.74, 6) is -2.50. The quantitative estimate of drug-likeness (QED) is 0.319. The van der Waals surface area contributed by atoms with Crippen molar-refractivity contribution in [3.05, 3.63) is 64.9 Å². The zero-order valence-electron chi connectivity index (χ0n) is 24.3. The minimum atomic E-state index is -4.34. The molecule has 0 aliphatic carbocycles. The lowest BCUT2D eigenvalue weighted by Gasteiger charge is -2.34. The first-order valence-electron chi connectivity index (χ1n) is 13.8. The molecule has 2 aromatic carbocycles. The number of rotatable bonds is 7. The van der Waals surface area contributed by atoms with E-state index in [-0.39, 0.29) is 17.9 Å². The molecule has 0 bridgehead atoms. The van der Waals surface area contributed by atoms with E-state index in [4.69, 9.17) is 0 Å². The standard InChI is InChI=1S/C28H34F2N8O4S/c1-5-31-27(40)32-23-15-19(37-10-8-36(4)9-11-37)6-7-21(23)26(39)33-25-22-16-38(28(2,3)24(22)34-35-25)43(41,42)20-13-17(29)12-18(30)14-20/h6-7,12-15H,5,8-11,16H2,1-4H3,(H2,31,32,40)(H2,33,34,35,39). The SMILES string of the molecule is CCNC(=O)Nc1cc(N2CCN(C)CC2)ccc1C(=O)Nc1n[nH]c2c1CN(S(=O)(=O)c1cc(F)cc(F)c1)C2(C)C. The van der Waals surface area contributed by atoms with Crippen LogP contribution < -0.4 is 20.9 Å². The van der Waals surface area contributed by atoms with Crippen LogP contribution in [0, 0.1) is 11.6 Å². The van der Waals surface area contributed by atoms with Crippen LogP contribution in [0.25, 0.3) is 0 Å². The number of anilines is 3. The van der Waals surface area contributed by atoms with Crippen LogP contribution >= 0.6 is 0 Å². The molecule has 1 fully saturated rings. The minimum absolute atomic E-state index is 0.100. The van der Waals surface area contributed by atoms with Crippen LogP contribution in [0.3, 0.4) is 0 Å². The third kappa shape index (κ3) is 5.92. The van der Waals surface area contributed by atoms with Gasteiger partial charge in [-0.25, -0.2) is 22.0 Å². The van der Waals surface area contributed by atoms with Crippen molar-refractivity contribution in [3.8, 4) is 0 Å². The number of sulfonamides is 1. The number of amides is 3.